The van der Waals surface area contributed by atoms with Gasteiger partial charge in [-0.2, -0.15) is 0 Å². The van der Waals surface area contributed by atoms with Crippen LogP contribution in [0.5, 0.6) is 0 Å². The van der Waals surface area contributed by atoms with E-state index in [4.69, 9.17) is 16.3 Å². The number of methoxy groups -OCH3 is 1. The number of carbonyl (C=O) groups is 1. The number of ether oxygens (including phenoxy) is 1. The summed E-state index contributed by atoms with van der Waals surface area (Å²) in [5, 5.41) is 3.29. The van der Waals surface area contributed by atoms with Crippen LogP contribution in [0.15, 0.2) is 46.9 Å². The number of nitrogens with one attached hydrogen (secondary N) is 1. The van der Waals surface area contributed by atoms with E-state index in [1.807, 2.05) is 12.1 Å². The molecular weight excluding hydrogens is 361 g/mol. The van der Waals surface area contributed by atoms with Gasteiger partial charge in [0.1, 0.15) is 5.82 Å². The van der Waals surface area contributed by atoms with E-state index in [0.717, 1.165) is 4.47 Å². The summed E-state index contributed by atoms with van der Waals surface area (Å²) in [6, 6.07) is 10.2. The minimum absolute atomic E-state index is 0.136. The minimum atomic E-state index is -0.977. The van der Waals surface area contributed by atoms with Crippen LogP contribution >= 0.6 is 27.5 Å². The molecule has 0 fully saturated rings. The Balaban J connectivity index is 2.36. The average molecular weight is 373 g/mol. The van der Waals surface area contributed by atoms with Crippen molar-refractivity contribution < 1.29 is 13.9 Å². The minimum Gasteiger partial charge on any atom is -0.467 e. The Morgan fingerprint density at radius 3 is 2.57 bits per heavy atom. The quantitative estimate of drug-likeness (QED) is 0.799. The molecule has 0 radical (unpaired) electrons. The van der Waals surface area contributed by atoms with Crippen molar-refractivity contribution in [3.63, 3.8) is 0 Å². The third-order valence-corrected chi connectivity index (χ3v) is 3.62. The predicted molar refractivity (Wildman–Crippen MR) is 83.9 cm³/mol. The van der Waals surface area contributed by atoms with Crippen molar-refractivity contribution in [3.05, 3.63) is 63.3 Å². The van der Waals surface area contributed by atoms with Crippen molar-refractivity contribution >= 4 is 39.2 Å². The first-order valence-corrected chi connectivity index (χ1v) is 7.23. The Morgan fingerprint density at radius 1 is 1.29 bits per heavy atom. The molecule has 1 atom stereocenters. The maximum Gasteiger partial charge on any atom is 0.333 e. The summed E-state index contributed by atoms with van der Waals surface area (Å²) in [5.74, 6) is -1.13. The van der Waals surface area contributed by atoms with Gasteiger partial charge in [-0.05, 0) is 42.5 Å². The van der Waals surface area contributed by atoms with E-state index < -0.39 is 17.8 Å². The molecule has 0 aliphatic rings. The number of hydrogen-bond donors (Lipinski definition) is 1. The van der Waals surface area contributed by atoms with Crippen LogP contribution in [-0.4, -0.2) is 13.1 Å². The van der Waals surface area contributed by atoms with Crippen LogP contribution in [0.2, 0.25) is 5.02 Å². The van der Waals surface area contributed by atoms with E-state index in [1.54, 1.807) is 12.1 Å². The van der Waals surface area contributed by atoms with Gasteiger partial charge in [0, 0.05) is 20.7 Å². The lowest BCUT2D eigenvalue weighted by Crippen LogP contribution is -2.23. The maximum atomic E-state index is 14.0. The van der Waals surface area contributed by atoms with E-state index in [-0.39, 0.29) is 5.56 Å². The van der Waals surface area contributed by atoms with Crippen LogP contribution in [0.3, 0.4) is 0 Å². The molecule has 1 N–H and O–H groups in total. The lowest BCUT2D eigenvalue weighted by Gasteiger charge is -2.19. The molecule has 110 valence electrons. The van der Waals surface area contributed by atoms with Crippen LogP contribution < -0.4 is 5.32 Å². The van der Waals surface area contributed by atoms with Crippen LogP contribution in [0.1, 0.15) is 11.6 Å². The first-order valence-electron chi connectivity index (χ1n) is 6.06. The van der Waals surface area contributed by atoms with Gasteiger partial charge in [0.25, 0.3) is 0 Å². The topological polar surface area (TPSA) is 38.3 Å². The van der Waals surface area contributed by atoms with Gasteiger partial charge in [-0.15, -0.1) is 0 Å². The molecule has 2 rings (SSSR count). The van der Waals surface area contributed by atoms with Crippen LogP contribution in [-0.2, 0) is 9.53 Å². The van der Waals surface area contributed by atoms with Gasteiger partial charge in [-0.1, -0.05) is 27.5 Å². The number of carbonyl (C=O) groups excluding carboxylic acids is 1. The molecule has 0 spiro atoms. The highest BCUT2D eigenvalue weighted by Gasteiger charge is 2.24. The first-order chi connectivity index (χ1) is 10.0. The first kappa shape index (κ1) is 15.8. The molecule has 21 heavy (non-hydrogen) atoms. The molecular formula is C15H12BrClFNO2. The van der Waals surface area contributed by atoms with Gasteiger partial charge in [0.2, 0.25) is 0 Å². The Kier molecular flexibility index (Phi) is 5.20. The summed E-state index contributed by atoms with van der Waals surface area (Å²) in [5.41, 5.74) is 0.797. The van der Waals surface area contributed by atoms with E-state index in [0.29, 0.717) is 10.7 Å². The Hall–Kier alpha value is -1.59. The van der Waals surface area contributed by atoms with Crippen molar-refractivity contribution in [2.24, 2.45) is 0 Å². The third-order valence-electron chi connectivity index (χ3n) is 2.86. The number of hydrogen-bond acceptors (Lipinski definition) is 3. The standard InChI is InChI=1S/C15H12BrClFNO2/c1-21-15(20)14(12-8-10(17)4-7-13(12)18)19-11-5-2-9(16)3-6-11/h2-8,14,19H,1H3. The molecule has 0 aromatic heterocycles. The normalized spacial score (nSPS) is 11.8. The SMILES string of the molecule is COC(=O)C(Nc1ccc(Br)cc1)c1cc(Cl)ccc1F. The van der Waals surface area contributed by atoms with Gasteiger partial charge in [0.05, 0.1) is 7.11 Å². The molecule has 6 heteroatoms. The lowest BCUT2D eigenvalue weighted by atomic mass is 10.1. The summed E-state index contributed by atoms with van der Waals surface area (Å²) in [4.78, 5) is 11.9. The van der Waals surface area contributed by atoms with Gasteiger partial charge >= 0.3 is 5.97 Å². The average Bonchev–Trinajstić information content (AvgIpc) is 2.48. The van der Waals surface area contributed by atoms with Gasteiger partial charge in [-0.3, -0.25) is 0 Å². The molecule has 0 aliphatic carbocycles. The summed E-state index contributed by atoms with van der Waals surface area (Å²) < 4.78 is 19.6. The fraction of sp³-hybridized carbons (Fsp3) is 0.133. The zero-order chi connectivity index (χ0) is 15.4. The Morgan fingerprint density at radius 2 is 1.95 bits per heavy atom. The highest BCUT2D eigenvalue weighted by Crippen LogP contribution is 2.26. The monoisotopic (exact) mass is 371 g/mol. The zero-order valence-electron chi connectivity index (χ0n) is 11.1. The van der Waals surface area contributed by atoms with Crippen LogP contribution in [0.25, 0.3) is 0 Å². The maximum absolute atomic E-state index is 14.0. The van der Waals surface area contributed by atoms with Gasteiger partial charge in [-0.25, -0.2) is 9.18 Å². The summed E-state index contributed by atoms with van der Waals surface area (Å²) in [6.07, 6.45) is 0. The molecule has 0 bridgehead atoms. The van der Waals surface area contributed by atoms with Crippen molar-refractivity contribution in [2.75, 3.05) is 12.4 Å². The molecule has 0 saturated carbocycles. The number of benzene rings is 2. The largest absolute Gasteiger partial charge is 0.467 e. The summed E-state index contributed by atoms with van der Waals surface area (Å²) in [7, 11) is 1.25. The molecule has 1 unspecified atom stereocenters. The van der Waals surface area contributed by atoms with Gasteiger partial charge < -0.3 is 10.1 Å². The second kappa shape index (κ2) is 6.91. The highest BCUT2D eigenvalue weighted by atomic mass is 79.9. The number of halogens is 3. The molecule has 3 nitrogen and oxygen atoms in total. The van der Waals surface area contributed by atoms with E-state index >= 15 is 0 Å². The second-order valence-electron chi connectivity index (χ2n) is 4.27. The molecule has 0 aliphatic heterocycles. The van der Waals surface area contributed by atoms with Crippen molar-refractivity contribution in [2.45, 2.75) is 6.04 Å². The molecule has 0 amide bonds. The van der Waals surface area contributed by atoms with Gasteiger partial charge in [0.15, 0.2) is 6.04 Å². The van der Waals surface area contributed by atoms with Crippen molar-refractivity contribution in [1.29, 1.82) is 0 Å². The third kappa shape index (κ3) is 3.95. The smallest absolute Gasteiger partial charge is 0.333 e. The highest BCUT2D eigenvalue weighted by molar-refractivity contribution is 9.10. The molecule has 0 heterocycles. The van der Waals surface area contributed by atoms with E-state index in [9.17, 15) is 9.18 Å². The number of rotatable bonds is 4. The van der Waals surface area contributed by atoms with E-state index in [2.05, 4.69) is 21.2 Å². The predicted octanol–water partition coefficient (Wildman–Crippen LogP) is 4.57. The molecule has 2 aromatic rings. The van der Waals surface area contributed by atoms with Crippen molar-refractivity contribution in [1.82, 2.24) is 0 Å². The van der Waals surface area contributed by atoms with E-state index in [1.165, 1.54) is 25.3 Å². The number of esters is 1. The fourth-order valence-corrected chi connectivity index (χ4v) is 2.27. The van der Waals surface area contributed by atoms with Crippen LogP contribution in [0, 0.1) is 5.82 Å². The van der Waals surface area contributed by atoms with Crippen LogP contribution in [0.4, 0.5) is 10.1 Å². The summed E-state index contributed by atoms with van der Waals surface area (Å²) in [6.45, 7) is 0. The summed E-state index contributed by atoms with van der Waals surface area (Å²) >= 11 is 9.20. The second-order valence-corrected chi connectivity index (χ2v) is 5.63. The molecule has 0 saturated heterocycles. The molecule has 2 aromatic carbocycles. The Bertz CT molecular complexity index is 649. The lowest BCUT2D eigenvalue weighted by molar-refractivity contribution is -0.141. The van der Waals surface area contributed by atoms with Crippen molar-refractivity contribution in [3.8, 4) is 0 Å². The fourth-order valence-electron chi connectivity index (χ4n) is 1.83. The Labute approximate surface area is 135 Å². The number of anilines is 1. The zero-order valence-corrected chi connectivity index (χ0v) is 13.4.